The maximum atomic E-state index is 10.2. The van der Waals surface area contributed by atoms with E-state index in [0.29, 0.717) is 23.4 Å². The first kappa shape index (κ1) is 26.0. The minimum absolute atomic E-state index is 0.155. The van der Waals surface area contributed by atoms with Crippen molar-refractivity contribution in [3.05, 3.63) is 0 Å². The van der Waals surface area contributed by atoms with Gasteiger partial charge in [-0.2, -0.15) is 0 Å². The van der Waals surface area contributed by atoms with Crippen molar-refractivity contribution in [2.45, 2.75) is 136 Å². The molecular weight excluding hydrogens is 384 g/mol. The van der Waals surface area contributed by atoms with Gasteiger partial charge in [0.2, 0.25) is 0 Å². The molecule has 0 saturated heterocycles. The third kappa shape index (κ3) is 5.54. The molecule has 0 bridgehead atoms. The lowest BCUT2D eigenvalue weighted by molar-refractivity contribution is -0.0444. The van der Waals surface area contributed by atoms with E-state index in [2.05, 4.69) is 53.6 Å². The Balaban J connectivity index is 2.22. The minimum atomic E-state index is -1.77. The molecule has 174 valence electrons. The number of fused-ring (bicyclic) bond motifs is 1. The van der Waals surface area contributed by atoms with Gasteiger partial charge in [-0.1, -0.05) is 47.5 Å². The van der Waals surface area contributed by atoms with E-state index >= 15 is 0 Å². The van der Waals surface area contributed by atoms with Crippen LogP contribution in [0.3, 0.4) is 0 Å². The summed E-state index contributed by atoms with van der Waals surface area (Å²) in [6, 6.07) is 0. The van der Waals surface area contributed by atoms with Crippen LogP contribution in [0.5, 0.6) is 0 Å². The van der Waals surface area contributed by atoms with Crippen molar-refractivity contribution in [1.82, 2.24) is 0 Å². The Morgan fingerprint density at radius 3 is 2.23 bits per heavy atom. The van der Waals surface area contributed by atoms with Crippen LogP contribution in [0.25, 0.3) is 0 Å². The first-order valence-corrected chi connectivity index (χ1v) is 15.3. The van der Waals surface area contributed by atoms with Gasteiger partial charge in [-0.15, -0.1) is 12.3 Å². The molecule has 0 heterocycles. The highest BCUT2D eigenvalue weighted by atomic mass is 28.4. The number of terminal acetylenes is 1. The fourth-order valence-corrected chi connectivity index (χ4v) is 7.90. The van der Waals surface area contributed by atoms with Crippen LogP contribution in [0.15, 0.2) is 0 Å². The molecule has 2 aliphatic carbocycles. The van der Waals surface area contributed by atoms with Crippen molar-refractivity contribution in [1.29, 1.82) is 0 Å². The predicted molar refractivity (Wildman–Crippen MR) is 132 cm³/mol. The number of hydrogen-bond donors (Lipinski definition) is 1. The van der Waals surface area contributed by atoms with Crippen LogP contribution in [0.1, 0.15) is 106 Å². The third-order valence-electron chi connectivity index (χ3n) is 9.20. The lowest BCUT2D eigenvalue weighted by Gasteiger charge is -2.52. The van der Waals surface area contributed by atoms with E-state index in [9.17, 15) is 5.11 Å². The van der Waals surface area contributed by atoms with E-state index in [1.807, 2.05) is 13.8 Å². The Bertz CT molecular complexity index is 620. The smallest absolute Gasteiger partial charge is 0.192 e. The standard InChI is InChI=1S/C27H50O2Si/c1-11-17-26(7,19-13-18-25(5,6)28)23-16-15-21-22(14-12-20-27(21,23)8)29-30(9,10)24(2,3)4/h1,21-23,28H,12-20H2,2-10H3/t21?,22-,23+,26?,27-/m0/s1. The monoisotopic (exact) mass is 434 g/mol. The average Bonchev–Trinajstić information content (AvgIpc) is 2.91. The van der Waals surface area contributed by atoms with E-state index in [1.165, 1.54) is 32.1 Å². The number of rotatable bonds is 8. The molecule has 30 heavy (non-hydrogen) atoms. The van der Waals surface area contributed by atoms with Gasteiger partial charge in [-0.25, -0.2) is 0 Å². The fourth-order valence-electron chi connectivity index (χ4n) is 6.50. The second-order valence-electron chi connectivity index (χ2n) is 13.3. The zero-order valence-corrected chi connectivity index (χ0v) is 22.5. The molecule has 2 saturated carbocycles. The summed E-state index contributed by atoms with van der Waals surface area (Å²) in [5, 5.41) is 10.5. The van der Waals surface area contributed by atoms with Crippen molar-refractivity contribution < 1.29 is 9.53 Å². The molecule has 0 radical (unpaired) electrons. The first-order valence-electron chi connectivity index (χ1n) is 12.4. The summed E-state index contributed by atoms with van der Waals surface area (Å²) in [6.45, 7) is 20.7. The molecule has 2 aliphatic rings. The second kappa shape index (κ2) is 8.91. The highest BCUT2D eigenvalue weighted by Crippen LogP contribution is 2.63. The molecule has 0 spiro atoms. The summed E-state index contributed by atoms with van der Waals surface area (Å²) in [6.07, 6.45) is 16.5. The van der Waals surface area contributed by atoms with Crippen molar-refractivity contribution in [2.75, 3.05) is 0 Å². The van der Waals surface area contributed by atoms with Crippen LogP contribution < -0.4 is 0 Å². The largest absolute Gasteiger partial charge is 0.414 e. The summed E-state index contributed by atoms with van der Waals surface area (Å²) in [4.78, 5) is 0. The van der Waals surface area contributed by atoms with Crippen LogP contribution in [0.2, 0.25) is 18.1 Å². The Morgan fingerprint density at radius 2 is 1.70 bits per heavy atom. The molecule has 2 unspecified atom stereocenters. The van der Waals surface area contributed by atoms with Gasteiger partial charge in [0.1, 0.15) is 0 Å². The molecule has 1 N–H and O–H groups in total. The lowest BCUT2D eigenvalue weighted by atomic mass is 9.56. The van der Waals surface area contributed by atoms with Crippen molar-refractivity contribution in [2.24, 2.45) is 22.7 Å². The van der Waals surface area contributed by atoms with Crippen molar-refractivity contribution >= 4 is 8.32 Å². The van der Waals surface area contributed by atoms with Gasteiger partial charge in [0.05, 0.1) is 5.60 Å². The Kier molecular flexibility index (Phi) is 7.71. The Morgan fingerprint density at radius 1 is 1.07 bits per heavy atom. The maximum Gasteiger partial charge on any atom is 0.192 e. The molecule has 2 rings (SSSR count). The molecule has 0 aliphatic heterocycles. The van der Waals surface area contributed by atoms with Gasteiger partial charge < -0.3 is 9.53 Å². The van der Waals surface area contributed by atoms with Gasteiger partial charge in [0.25, 0.3) is 0 Å². The zero-order valence-electron chi connectivity index (χ0n) is 21.5. The summed E-state index contributed by atoms with van der Waals surface area (Å²) < 4.78 is 7.03. The highest BCUT2D eigenvalue weighted by Gasteiger charge is 2.57. The number of aliphatic hydroxyl groups is 1. The fraction of sp³-hybridized carbons (Fsp3) is 0.926. The molecule has 2 fully saturated rings. The lowest BCUT2D eigenvalue weighted by Crippen LogP contribution is -2.51. The van der Waals surface area contributed by atoms with Crippen LogP contribution in [-0.4, -0.2) is 25.1 Å². The van der Waals surface area contributed by atoms with Crippen LogP contribution >= 0.6 is 0 Å². The van der Waals surface area contributed by atoms with E-state index in [4.69, 9.17) is 10.8 Å². The molecule has 5 atom stereocenters. The predicted octanol–water partition coefficient (Wildman–Crippen LogP) is 7.56. The first-order chi connectivity index (χ1) is 13.6. The molecule has 3 heteroatoms. The molecule has 0 aromatic heterocycles. The van der Waals surface area contributed by atoms with Crippen molar-refractivity contribution in [3.8, 4) is 12.3 Å². The quantitative estimate of drug-likeness (QED) is 0.315. The maximum absolute atomic E-state index is 10.2. The number of hydrogen-bond acceptors (Lipinski definition) is 2. The molecular formula is C27H50O2Si. The summed E-state index contributed by atoms with van der Waals surface area (Å²) in [5.74, 6) is 4.34. The topological polar surface area (TPSA) is 29.5 Å². The molecule has 0 aromatic carbocycles. The van der Waals surface area contributed by atoms with Crippen LogP contribution in [0.4, 0.5) is 0 Å². The van der Waals surface area contributed by atoms with Gasteiger partial charge in [-0.3, -0.25) is 0 Å². The van der Waals surface area contributed by atoms with Gasteiger partial charge in [0.15, 0.2) is 8.32 Å². The summed E-state index contributed by atoms with van der Waals surface area (Å²) in [5.41, 5.74) is -0.111. The SMILES string of the molecule is C#CCC(C)(CCCC(C)(C)O)[C@H]1CCC2[C@@H](O[Si](C)(C)C(C)(C)C)CCC[C@@]21C. The Hall–Kier alpha value is -0.303. The normalized spacial score (nSPS) is 32.4. The average molecular weight is 435 g/mol. The van der Waals surface area contributed by atoms with E-state index in [-0.39, 0.29) is 10.5 Å². The molecule has 2 nitrogen and oxygen atoms in total. The zero-order chi connectivity index (χ0) is 23.0. The van der Waals surface area contributed by atoms with Crippen LogP contribution in [-0.2, 0) is 4.43 Å². The third-order valence-corrected chi connectivity index (χ3v) is 13.7. The minimum Gasteiger partial charge on any atom is -0.414 e. The van der Waals surface area contributed by atoms with E-state index in [1.54, 1.807) is 0 Å². The van der Waals surface area contributed by atoms with Gasteiger partial charge >= 0.3 is 0 Å². The summed E-state index contributed by atoms with van der Waals surface area (Å²) >= 11 is 0. The van der Waals surface area contributed by atoms with Crippen LogP contribution in [0, 0.1) is 35.0 Å². The van der Waals surface area contributed by atoms with Crippen molar-refractivity contribution in [3.63, 3.8) is 0 Å². The van der Waals surface area contributed by atoms with Gasteiger partial charge in [-0.05, 0) is 93.2 Å². The molecule has 0 aromatic rings. The van der Waals surface area contributed by atoms with E-state index < -0.39 is 13.9 Å². The Labute approximate surface area is 189 Å². The van der Waals surface area contributed by atoms with Gasteiger partial charge in [0, 0.05) is 12.5 Å². The molecule has 0 amide bonds. The second-order valence-corrected chi connectivity index (χ2v) is 18.0. The van der Waals surface area contributed by atoms with E-state index in [0.717, 1.165) is 25.7 Å². The summed E-state index contributed by atoms with van der Waals surface area (Å²) in [7, 11) is -1.77. The highest BCUT2D eigenvalue weighted by molar-refractivity contribution is 6.74.